The Labute approximate surface area is 101 Å². The molecule has 1 aliphatic carbocycles. The molecule has 2 heteroatoms. The quantitative estimate of drug-likeness (QED) is 0.731. The number of likely N-dealkylation sites (tertiary alicyclic amines) is 1. The van der Waals surface area contributed by atoms with Crippen molar-refractivity contribution in [1.82, 2.24) is 4.90 Å². The van der Waals surface area contributed by atoms with Gasteiger partial charge in [0.2, 0.25) is 0 Å². The minimum Gasteiger partial charge on any atom is -0.330 e. The lowest BCUT2D eigenvalue weighted by molar-refractivity contribution is 0.207. The lowest BCUT2D eigenvalue weighted by Crippen LogP contribution is -2.33. The fourth-order valence-corrected chi connectivity index (χ4v) is 3.39. The van der Waals surface area contributed by atoms with Gasteiger partial charge in [0.15, 0.2) is 0 Å². The zero-order chi connectivity index (χ0) is 11.6. The maximum Gasteiger partial charge on any atom is 0.00955 e. The van der Waals surface area contributed by atoms with Crippen LogP contribution < -0.4 is 5.73 Å². The van der Waals surface area contributed by atoms with E-state index in [1.807, 2.05) is 0 Å². The van der Waals surface area contributed by atoms with Crippen LogP contribution in [0.25, 0.3) is 0 Å². The van der Waals surface area contributed by atoms with Crippen molar-refractivity contribution in [3.05, 3.63) is 0 Å². The first kappa shape index (κ1) is 12.4. The number of rotatable bonds is 2. The van der Waals surface area contributed by atoms with Crippen molar-refractivity contribution < 1.29 is 0 Å². The van der Waals surface area contributed by atoms with Gasteiger partial charge in [-0.3, -0.25) is 0 Å². The van der Waals surface area contributed by atoms with Gasteiger partial charge >= 0.3 is 0 Å². The molecule has 2 unspecified atom stereocenters. The molecule has 0 bridgehead atoms. The molecule has 0 aromatic rings. The van der Waals surface area contributed by atoms with Gasteiger partial charge in [0, 0.05) is 12.6 Å². The van der Waals surface area contributed by atoms with Gasteiger partial charge in [0.25, 0.3) is 0 Å². The van der Waals surface area contributed by atoms with E-state index in [1.54, 1.807) is 0 Å². The molecule has 2 rings (SSSR count). The van der Waals surface area contributed by atoms with Gasteiger partial charge in [-0.15, -0.1) is 0 Å². The van der Waals surface area contributed by atoms with E-state index >= 15 is 0 Å². The summed E-state index contributed by atoms with van der Waals surface area (Å²) in [6.07, 6.45) is 8.39. The summed E-state index contributed by atoms with van der Waals surface area (Å²) < 4.78 is 0. The van der Waals surface area contributed by atoms with Crippen LogP contribution >= 0.6 is 0 Å². The Bertz CT molecular complexity index is 225. The van der Waals surface area contributed by atoms with Gasteiger partial charge in [-0.05, 0) is 56.5 Å². The molecule has 2 N–H and O–H groups in total. The van der Waals surface area contributed by atoms with Crippen molar-refractivity contribution >= 4 is 0 Å². The van der Waals surface area contributed by atoms with E-state index in [0.717, 1.165) is 18.5 Å². The first-order valence-corrected chi connectivity index (χ1v) is 7.05. The molecule has 0 aromatic carbocycles. The summed E-state index contributed by atoms with van der Waals surface area (Å²) in [6, 6.07) is 0.860. The summed E-state index contributed by atoms with van der Waals surface area (Å²) in [5.74, 6) is 0.774. The van der Waals surface area contributed by atoms with Crippen LogP contribution in [0.15, 0.2) is 0 Å². The molecule has 1 aliphatic heterocycles. The van der Waals surface area contributed by atoms with Crippen LogP contribution in [-0.2, 0) is 0 Å². The first-order valence-electron chi connectivity index (χ1n) is 7.05. The van der Waals surface area contributed by atoms with E-state index in [1.165, 1.54) is 51.6 Å². The second-order valence-corrected chi connectivity index (χ2v) is 6.63. The summed E-state index contributed by atoms with van der Waals surface area (Å²) in [7, 11) is 0. The smallest absolute Gasteiger partial charge is 0.00955 e. The highest BCUT2D eigenvalue weighted by atomic mass is 15.2. The highest BCUT2D eigenvalue weighted by Gasteiger charge is 2.31. The SMILES string of the molecule is CC1(C)CCCC(N2CCC(CN)C2)CC1. The fourth-order valence-electron chi connectivity index (χ4n) is 3.39. The average Bonchev–Trinajstić information content (AvgIpc) is 2.64. The fraction of sp³-hybridized carbons (Fsp3) is 1.00. The number of nitrogens with zero attached hydrogens (tertiary/aromatic N) is 1. The summed E-state index contributed by atoms with van der Waals surface area (Å²) in [4.78, 5) is 2.72. The van der Waals surface area contributed by atoms with Crippen LogP contribution in [0.1, 0.15) is 52.4 Å². The van der Waals surface area contributed by atoms with Crippen molar-refractivity contribution in [2.45, 2.75) is 58.4 Å². The van der Waals surface area contributed by atoms with Crippen molar-refractivity contribution in [3.63, 3.8) is 0 Å². The van der Waals surface area contributed by atoms with E-state index in [2.05, 4.69) is 18.7 Å². The predicted molar refractivity (Wildman–Crippen MR) is 69.4 cm³/mol. The molecule has 2 nitrogen and oxygen atoms in total. The first-order chi connectivity index (χ1) is 7.61. The summed E-state index contributed by atoms with van der Waals surface area (Å²) >= 11 is 0. The van der Waals surface area contributed by atoms with E-state index < -0.39 is 0 Å². The molecule has 2 fully saturated rings. The van der Waals surface area contributed by atoms with Crippen LogP contribution in [0.5, 0.6) is 0 Å². The maximum absolute atomic E-state index is 5.77. The molecule has 0 spiro atoms. The van der Waals surface area contributed by atoms with Crippen molar-refractivity contribution in [2.24, 2.45) is 17.1 Å². The Morgan fingerprint density at radius 1 is 1.19 bits per heavy atom. The Morgan fingerprint density at radius 3 is 2.69 bits per heavy atom. The van der Waals surface area contributed by atoms with Crippen LogP contribution in [0.4, 0.5) is 0 Å². The Kier molecular flexibility index (Phi) is 3.91. The zero-order valence-corrected chi connectivity index (χ0v) is 11.0. The largest absolute Gasteiger partial charge is 0.330 e. The van der Waals surface area contributed by atoms with E-state index in [-0.39, 0.29) is 0 Å². The molecule has 2 aliphatic rings. The molecule has 16 heavy (non-hydrogen) atoms. The second kappa shape index (κ2) is 5.05. The molecule has 1 saturated carbocycles. The lowest BCUT2D eigenvalue weighted by atomic mass is 9.85. The highest BCUT2D eigenvalue weighted by Crippen LogP contribution is 2.36. The van der Waals surface area contributed by atoms with Gasteiger partial charge in [-0.2, -0.15) is 0 Å². The number of hydrogen-bond donors (Lipinski definition) is 1. The molecule has 1 heterocycles. The standard InChI is InChI=1S/C14H28N2/c1-14(2)7-3-4-13(5-8-14)16-9-6-12(10-15)11-16/h12-13H,3-11,15H2,1-2H3. The third kappa shape index (κ3) is 2.98. The molecule has 2 atom stereocenters. The van der Waals surface area contributed by atoms with Crippen LogP contribution in [0.3, 0.4) is 0 Å². The molecule has 0 radical (unpaired) electrons. The molecular weight excluding hydrogens is 196 g/mol. The Morgan fingerprint density at radius 2 is 2.00 bits per heavy atom. The van der Waals surface area contributed by atoms with Gasteiger partial charge < -0.3 is 10.6 Å². The van der Waals surface area contributed by atoms with Gasteiger partial charge in [-0.25, -0.2) is 0 Å². The minimum absolute atomic E-state index is 0.585. The van der Waals surface area contributed by atoms with Crippen LogP contribution in [-0.4, -0.2) is 30.6 Å². The molecule has 94 valence electrons. The van der Waals surface area contributed by atoms with Gasteiger partial charge in [0.05, 0.1) is 0 Å². The zero-order valence-electron chi connectivity index (χ0n) is 11.0. The minimum atomic E-state index is 0.585. The lowest BCUT2D eigenvalue weighted by Gasteiger charge is -2.27. The molecular formula is C14H28N2. The monoisotopic (exact) mass is 224 g/mol. The van der Waals surface area contributed by atoms with Crippen LogP contribution in [0, 0.1) is 11.3 Å². The molecule has 0 amide bonds. The van der Waals surface area contributed by atoms with E-state index in [0.29, 0.717) is 5.41 Å². The van der Waals surface area contributed by atoms with Gasteiger partial charge in [0.1, 0.15) is 0 Å². The summed E-state index contributed by atoms with van der Waals surface area (Å²) in [5.41, 5.74) is 6.36. The van der Waals surface area contributed by atoms with E-state index in [4.69, 9.17) is 5.73 Å². The third-order valence-electron chi connectivity index (χ3n) is 4.71. The maximum atomic E-state index is 5.77. The predicted octanol–water partition coefficient (Wildman–Crippen LogP) is 2.63. The van der Waals surface area contributed by atoms with Crippen molar-refractivity contribution in [2.75, 3.05) is 19.6 Å². The third-order valence-corrected chi connectivity index (χ3v) is 4.71. The van der Waals surface area contributed by atoms with Crippen LogP contribution in [0.2, 0.25) is 0 Å². The normalized spacial score (nSPS) is 36.2. The van der Waals surface area contributed by atoms with Crippen molar-refractivity contribution in [1.29, 1.82) is 0 Å². The molecule has 0 aromatic heterocycles. The number of hydrogen-bond acceptors (Lipinski definition) is 2. The summed E-state index contributed by atoms with van der Waals surface area (Å²) in [6.45, 7) is 8.31. The Balaban J connectivity index is 1.86. The highest BCUT2D eigenvalue weighted by molar-refractivity contribution is 4.86. The summed E-state index contributed by atoms with van der Waals surface area (Å²) in [5, 5.41) is 0. The van der Waals surface area contributed by atoms with Crippen molar-refractivity contribution in [3.8, 4) is 0 Å². The van der Waals surface area contributed by atoms with Gasteiger partial charge in [-0.1, -0.05) is 20.3 Å². The Hall–Kier alpha value is -0.0800. The topological polar surface area (TPSA) is 29.3 Å². The average molecular weight is 224 g/mol. The second-order valence-electron chi connectivity index (χ2n) is 6.63. The van der Waals surface area contributed by atoms with E-state index in [9.17, 15) is 0 Å². The molecule has 1 saturated heterocycles. The number of nitrogens with two attached hydrogens (primary N) is 1.